The molecule has 4 heteroatoms. The van der Waals surface area contributed by atoms with Gasteiger partial charge in [-0.1, -0.05) is 30.9 Å². The topological polar surface area (TPSA) is 54.4 Å². The third-order valence-corrected chi connectivity index (χ3v) is 2.85. The van der Waals surface area contributed by atoms with Crippen LogP contribution in [0.25, 0.3) is 5.57 Å². The van der Waals surface area contributed by atoms with Crippen molar-refractivity contribution in [3.8, 4) is 0 Å². The molecule has 80 valence electrons. The lowest BCUT2D eigenvalue weighted by Crippen LogP contribution is -2.02. The normalized spacial score (nSPS) is 11.0. The summed E-state index contributed by atoms with van der Waals surface area (Å²) >= 11 is 0. The lowest BCUT2D eigenvalue weighted by molar-refractivity contribution is 0.483. The molecule has 0 saturated carbocycles. The van der Waals surface area contributed by atoms with Crippen molar-refractivity contribution < 1.29 is 13.0 Å². The number of hydrogen-bond acceptors (Lipinski definition) is 2. The second-order valence-electron chi connectivity index (χ2n) is 3.07. The Morgan fingerprint density at radius 3 is 2.53 bits per heavy atom. The van der Waals surface area contributed by atoms with Gasteiger partial charge in [0.1, 0.15) is 4.90 Å². The van der Waals surface area contributed by atoms with Gasteiger partial charge in [0.15, 0.2) is 0 Å². The lowest BCUT2D eigenvalue weighted by atomic mass is 10.1. The van der Waals surface area contributed by atoms with Crippen molar-refractivity contribution in [2.75, 3.05) is 0 Å². The van der Waals surface area contributed by atoms with Gasteiger partial charge in [0.2, 0.25) is 0 Å². The maximum atomic E-state index is 11.1. The predicted molar refractivity (Wildman–Crippen MR) is 60.1 cm³/mol. The van der Waals surface area contributed by atoms with E-state index in [0.29, 0.717) is 17.6 Å². The number of benzene rings is 1. The summed E-state index contributed by atoms with van der Waals surface area (Å²) in [6.45, 7) is 7.29. The molecule has 1 N–H and O–H groups in total. The number of allylic oxidation sites excluding steroid dienone is 2. The molecule has 0 radical (unpaired) electrons. The highest BCUT2D eigenvalue weighted by molar-refractivity contribution is 7.85. The van der Waals surface area contributed by atoms with Crippen LogP contribution in [0.2, 0.25) is 0 Å². The highest BCUT2D eigenvalue weighted by Crippen LogP contribution is 2.24. The molecular formula is C11H12O3S. The van der Waals surface area contributed by atoms with Crippen molar-refractivity contribution in [2.45, 2.75) is 11.3 Å². The SMILES string of the molecule is C=CCC(=C)c1ccccc1S(=O)(=O)O. The highest BCUT2D eigenvalue weighted by Gasteiger charge is 2.15. The van der Waals surface area contributed by atoms with Gasteiger partial charge in [0, 0.05) is 0 Å². The van der Waals surface area contributed by atoms with Crippen LogP contribution >= 0.6 is 0 Å². The predicted octanol–water partition coefficient (Wildman–Crippen LogP) is 2.52. The van der Waals surface area contributed by atoms with Gasteiger partial charge in [-0.15, -0.1) is 6.58 Å². The average Bonchev–Trinajstić information content (AvgIpc) is 2.17. The first-order valence-electron chi connectivity index (χ1n) is 4.32. The van der Waals surface area contributed by atoms with Crippen LogP contribution in [0.1, 0.15) is 12.0 Å². The van der Waals surface area contributed by atoms with Crippen LogP contribution in [0.3, 0.4) is 0 Å². The molecule has 1 rings (SSSR count). The summed E-state index contributed by atoms with van der Waals surface area (Å²) in [5.41, 5.74) is 1.04. The van der Waals surface area contributed by atoms with Crippen molar-refractivity contribution in [1.29, 1.82) is 0 Å². The van der Waals surface area contributed by atoms with Crippen LogP contribution in [0.4, 0.5) is 0 Å². The third-order valence-electron chi connectivity index (χ3n) is 1.94. The fraction of sp³-hybridized carbons (Fsp3) is 0.0909. The van der Waals surface area contributed by atoms with E-state index in [0.717, 1.165) is 0 Å². The van der Waals surface area contributed by atoms with Crippen LogP contribution in [0.5, 0.6) is 0 Å². The molecule has 0 heterocycles. The summed E-state index contributed by atoms with van der Waals surface area (Å²) in [6.07, 6.45) is 2.11. The van der Waals surface area contributed by atoms with Crippen molar-refractivity contribution in [1.82, 2.24) is 0 Å². The number of rotatable bonds is 4. The molecule has 1 aromatic carbocycles. The molecule has 3 nitrogen and oxygen atoms in total. The lowest BCUT2D eigenvalue weighted by Gasteiger charge is -2.07. The van der Waals surface area contributed by atoms with Gasteiger partial charge in [-0.2, -0.15) is 8.42 Å². The molecule has 0 atom stereocenters. The van der Waals surface area contributed by atoms with Crippen LogP contribution in [0.15, 0.2) is 48.4 Å². The van der Waals surface area contributed by atoms with Gasteiger partial charge in [0.25, 0.3) is 10.1 Å². The summed E-state index contributed by atoms with van der Waals surface area (Å²) in [6, 6.07) is 6.19. The van der Waals surface area contributed by atoms with Gasteiger partial charge < -0.3 is 0 Å². The van der Waals surface area contributed by atoms with Crippen molar-refractivity contribution >= 4 is 15.7 Å². The van der Waals surface area contributed by atoms with E-state index in [1.807, 2.05) is 0 Å². The minimum absolute atomic E-state index is 0.114. The van der Waals surface area contributed by atoms with E-state index in [9.17, 15) is 8.42 Å². The van der Waals surface area contributed by atoms with Crippen LogP contribution in [-0.2, 0) is 10.1 Å². The van der Waals surface area contributed by atoms with Gasteiger partial charge in [0.05, 0.1) is 0 Å². The first-order chi connectivity index (χ1) is 6.96. The van der Waals surface area contributed by atoms with Crippen LogP contribution < -0.4 is 0 Å². The van der Waals surface area contributed by atoms with Crippen molar-refractivity contribution in [3.63, 3.8) is 0 Å². The molecule has 0 bridgehead atoms. The quantitative estimate of drug-likeness (QED) is 0.631. The molecule has 0 unspecified atom stereocenters. The summed E-state index contributed by atoms with van der Waals surface area (Å²) in [7, 11) is -4.19. The molecule has 0 amide bonds. The van der Waals surface area contributed by atoms with E-state index in [1.54, 1.807) is 24.3 Å². The Hall–Kier alpha value is -1.39. The zero-order valence-corrected chi connectivity index (χ0v) is 9.00. The Morgan fingerprint density at radius 2 is 2.00 bits per heavy atom. The zero-order valence-electron chi connectivity index (χ0n) is 8.18. The fourth-order valence-corrected chi connectivity index (χ4v) is 2.01. The van der Waals surface area contributed by atoms with Crippen molar-refractivity contribution in [2.24, 2.45) is 0 Å². The first kappa shape index (κ1) is 11.7. The molecule has 0 saturated heterocycles. The highest BCUT2D eigenvalue weighted by atomic mass is 32.2. The zero-order chi connectivity index (χ0) is 11.5. The second kappa shape index (κ2) is 4.42. The van der Waals surface area contributed by atoms with E-state index in [1.165, 1.54) is 6.07 Å². The van der Waals surface area contributed by atoms with Crippen LogP contribution in [0, 0.1) is 0 Å². The van der Waals surface area contributed by atoms with Crippen LogP contribution in [-0.4, -0.2) is 13.0 Å². The summed E-state index contributed by atoms with van der Waals surface area (Å²) in [5, 5.41) is 0. The van der Waals surface area contributed by atoms with E-state index >= 15 is 0 Å². The average molecular weight is 224 g/mol. The monoisotopic (exact) mass is 224 g/mol. The van der Waals surface area contributed by atoms with Crippen molar-refractivity contribution in [3.05, 3.63) is 49.1 Å². The van der Waals surface area contributed by atoms with Gasteiger partial charge in [-0.05, 0) is 23.6 Å². The van der Waals surface area contributed by atoms with Gasteiger partial charge in [-0.25, -0.2) is 0 Å². The van der Waals surface area contributed by atoms with E-state index in [4.69, 9.17) is 4.55 Å². The Kier molecular flexibility index (Phi) is 3.44. The largest absolute Gasteiger partial charge is 0.295 e. The first-order valence-corrected chi connectivity index (χ1v) is 5.76. The standard InChI is InChI=1S/C11H12O3S/c1-3-6-9(2)10-7-4-5-8-11(10)15(12,13)14/h3-5,7-8H,1-2,6H2,(H,12,13,14). The fourth-order valence-electron chi connectivity index (χ4n) is 1.27. The minimum atomic E-state index is -4.19. The van der Waals surface area contributed by atoms with Gasteiger partial charge >= 0.3 is 0 Å². The molecule has 0 fully saturated rings. The smallest absolute Gasteiger partial charge is 0.282 e. The molecule has 15 heavy (non-hydrogen) atoms. The Balaban J connectivity index is 3.30. The summed E-state index contributed by atoms with van der Waals surface area (Å²) in [4.78, 5) is -0.114. The molecule has 1 aromatic rings. The third kappa shape index (κ3) is 2.78. The maximum absolute atomic E-state index is 11.1. The van der Waals surface area contributed by atoms with E-state index in [-0.39, 0.29) is 4.90 Å². The second-order valence-corrected chi connectivity index (χ2v) is 4.46. The summed E-state index contributed by atoms with van der Waals surface area (Å²) < 4.78 is 31.1. The Morgan fingerprint density at radius 1 is 1.40 bits per heavy atom. The molecule has 0 spiro atoms. The molecule has 0 aromatic heterocycles. The maximum Gasteiger partial charge on any atom is 0.295 e. The molecular weight excluding hydrogens is 212 g/mol. The Labute approximate surface area is 89.5 Å². The minimum Gasteiger partial charge on any atom is -0.282 e. The molecule has 0 aliphatic rings. The Bertz CT molecular complexity index is 486. The number of hydrogen-bond donors (Lipinski definition) is 1. The van der Waals surface area contributed by atoms with Gasteiger partial charge in [-0.3, -0.25) is 4.55 Å². The van der Waals surface area contributed by atoms with E-state index in [2.05, 4.69) is 13.2 Å². The molecule has 0 aliphatic heterocycles. The van der Waals surface area contributed by atoms with E-state index < -0.39 is 10.1 Å². The molecule has 0 aliphatic carbocycles. The summed E-state index contributed by atoms with van der Waals surface area (Å²) in [5.74, 6) is 0.